The molecule has 2 unspecified atom stereocenters. The third-order valence-electron chi connectivity index (χ3n) is 5.19. The highest BCUT2D eigenvalue weighted by Crippen LogP contribution is 2.41. The number of ether oxygens (including phenoxy) is 3. The van der Waals surface area contributed by atoms with Crippen LogP contribution >= 0.6 is 11.8 Å². The van der Waals surface area contributed by atoms with E-state index in [1.165, 1.54) is 16.7 Å². The van der Waals surface area contributed by atoms with Crippen molar-refractivity contribution in [1.82, 2.24) is 15.1 Å². The van der Waals surface area contributed by atoms with Crippen LogP contribution in [-0.2, 0) is 28.7 Å². The molecule has 1 fully saturated rings. The van der Waals surface area contributed by atoms with Crippen molar-refractivity contribution in [2.24, 2.45) is 5.41 Å². The lowest BCUT2D eigenvalue weighted by Gasteiger charge is -2.49. The molecule has 1 N–H and O–H groups in total. The maximum Gasteiger partial charge on any atom is 0.358 e. The second kappa shape index (κ2) is 11.5. The Morgan fingerprint density at radius 2 is 1.86 bits per heavy atom. The molecular weight excluding hydrogens is 486 g/mol. The number of thioether (sulfide) groups is 1. The molecule has 10 nitrogen and oxygen atoms in total. The maximum atomic E-state index is 13.0. The van der Waals surface area contributed by atoms with Crippen molar-refractivity contribution in [2.45, 2.75) is 32.2 Å². The third kappa shape index (κ3) is 6.60. The highest BCUT2D eigenvalue weighted by molar-refractivity contribution is 8.00. The fourth-order valence-electron chi connectivity index (χ4n) is 3.30. The van der Waals surface area contributed by atoms with Gasteiger partial charge in [0.25, 0.3) is 11.8 Å². The van der Waals surface area contributed by atoms with E-state index in [0.717, 1.165) is 0 Å². The van der Waals surface area contributed by atoms with Crippen molar-refractivity contribution in [2.75, 3.05) is 33.2 Å². The van der Waals surface area contributed by atoms with Gasteiger partial charge in [0.15, 0.2) is 6.61 Å². The maximum absolute atomic E-state index is 13.0. The highest BCUT2D eigenvalue weighted by Gasteiger charge is 2.54. The second-order valence-electron chi connectivity index (χ2n) is 9.44. The average molecular weight is 518 g/mol. The van der Waals surface area contributed by atoms with E-state index < -0.39 is 47.4 Å². The first kappa shape index (κ1) is 27.1. The molecule has 2 atom stereocenters. The molecule has 1 saturated heterocycles. The van der Waals surface area contributed by atoms with Crippen LogP contribution in [0.25, 0.3) is 0 Å². The zero-order chi connectivity index (χ0) is 26.5. The standard InChI is InChI=1S/C25H31N3O7S/c1-25(2,3)24(32)35-15-34-23(31)20-16(11-12-27(4)5)14-36-22-19(21(30)28(20)22)26-18(29)13-33-17-9-7-6-8-10-17/h6-12,19,22H,13-15H2,1-5H3,(H,26,29). The van der Waals surface area contributed by atoms with Gasteiger partial charge in [0.05, 0.1) is 5.41 Å². The molecule has 1 aromatic carbocycles. The first-order valence-corrected chi connectivity index (χ1v) is 12.4. The molecule has 1 aromatic rings. The molecule has 0 aliphatic carbocycles. The smallest absolute Gasteiger partial charge is 0.358 e. The number of benzene rings is 1. The number of allylic oxidation sites excluding steroid dienone is 1. The van der Waals surface area contributed by atoms with Crippen LogP contribution in [0.1, 0.15) is 20.8 Å². The molecule has 194 valence electrons. The fourth-order valence-corrected chi connectivity index (χ4v) is 4.62. The van der Waals surface area contributed by atoms with E-state index in [9.17, 15) is 19.2 Å². The number of nitrogens with zero attached hydrogens (tertiary/aromatic N) is 2. The van der Waals surface area contributed by atoms with Crippen LogP contribution < -0.4 is 10.1 Å². The van der Waals surface area contributed by atoms with Gasteiger partial charge >= 0.3 is 11.9 Å². The van der Waals surface area contributed by atoms with Crippen molar-refractivity contribution < 1.29 is 33.4 Å². The summed E-state index contributed by atoms with van der Waals surface area (Å²) < 4.78 is 15.7. The summed E-state index contributed by atoms with van der Waals surface area (Å²) in [5.41, 5.74) is -0.0941. The lowest BCUT2D eigenvalue weighted by atomic mass is 9.98. The van der Waals surface area contributed by atoms with Gasteiger partial charge in [0, 0.05) is 19.8 Å². The zero-order valence-electron chi connectivity index (χ0n) is 21.0. The molecule has 2 aliphatic heterocycles. The average Bonchev–Trinajstić information content (AvgIpc) is 2.83. The van der Waals surface area contributed by atoms with Gasteiger partial charge < -0.3 is 24.4 Å². The molecular formula is C25H31N3O7S. The Labute approximate surface area is 214 Å². The quantitative estimate of drug-likeness (QED) is 0.298. The monoisotopic (exact) mass is 517 g/mol. The Morgan fingerprint density at radius 1 is 1.17 bits per heavy atom. The van der Waals surface area contributed by atoms with Crippen LogP contribution in [0.15, 0.2) is 53.9 Å². The highest BCUT2D eigenvalue weighted by atomic mass is 32.2. The zero-order valence-corrected chi connectivity index (χ0v) is 21.8. The molecule has 0 bridgehead atoms. The summed E-state index contributed by atoms with van der Waals surface area (Å²) in [6, 6.07) is 8.07. The molecule has 0 radical (unpaired) electrons. The molecule has 36 heavy (non-hydrogen) atoms. The molecule has 2 heterocycles. The lowest BCUT2D eigenvalue weighted by Crippen LogP contribution is -2.70. The molecule has 11 heteroatoms. The summed E-state index contributed by atoms with van der Waals surface area (Å²) in [4.78, 5) is 53.5. The van der Waals surface area contributed by atoms with Crippen molar-refractivity contribution in [3.63, 3.8) is 0 Å². The summed E-state index contributed by atoms with van der Waals surface area (Å²) in [6.07, 6.45) is 3.49. The fraction of sp³-hybridized carbons (Fsp3) is 0.440. The van der Waals surface area contributed by atoms with Gasteiger partial charge in [-0.25, -0.2) is 4.79 Å². The number of carbonyl (C=O) groups is 4. The van der Waals surface area contributed by atoms with E-state index in [1.807, 2.05) is 20.2 Å². The van der Waals surface area contributed by atoms with Crippen LogP contribution in [0.5, 0.6) is 5.75 Å². The van der Waals surface area contributed by atoms with Gasteiger partial charge in [0.1, 0.15) is 22.9 Å². The van der Waals surface area contributed by atoms with Crippen molar-refractivity contribution in [1.29, 1.82) is 0 Å². The van der Waals surface area contributed by atoms with Crippen LogP contribution in [0.4, 0.5) is 0 Å². The van der Waals surface area contributed by atoms with Crippen LogP contribution in [0, 0.1) is 5.41 Å². The van der Waals surface area contributed by atoms with Crippen molar-refractivity contribution in [3.05, 3.63) is 53.9 Å². The Bertz CT molecular complexity index is 1060. The number of rotatable bonds is 9. The van der Waals surface area contributed by atoms with Crippen LogP contribution in [0.3, 0.4) is 0 Å². The predicted octanol–water partition coefficient (Wildman–Crippen LogP) is 1.88. The molecule has 2 aliphatic rings. The molecule has 0 saturated carbocycles. The number of nitrogens with one attached hydrogen (secondary N) is 1. The minimum atomic E-state index is -0.803. The number of amides is 2. The topological polar surface area (TPSA) is 114 Å². The van der Waals surface area contributed by atoms with Gasteiger partial charge in [-0.2, -0.15) is 0 Å². The number of fused-ring (bicyclic) bond motifs is 1. The summed E-state index contributed by atoms with van der Waals surface area (Å²) >= 11 is 1.42. The van der Waals surface area contributed by atoms with Crippen molar-refractivity contribution in [3.8, 4) is 5.75 Å². The van der Waals surface area contributed by atoms with Crippen LogP contribution in [0.2, 0.25) is 0 Å². The van der Waals surface area contributed by atoms with E-state index in [-0.39, 0.29) is 12.3 Å². The van der Waals surface area contributed by atoms with Gasteiger partial charge in [-0.15, -0.1) is 11.8 Å². The molecule has 2 amide bonds. The first-order valence-electron chi connectivity index (χ1n) is 11.3. The SMILES string of the molecule is CN(C)C=CC1=C(C(=O)OCOC(=O)C(C)(C)C)N2C(=O)C(NC(=O)COc3ccccc3)C2SC1. The largest absolute Gasteiger partial charge is 0.484 e. The van der Waals surface area contributed by atoms with E-state index >= 15 is 0 Å². The van der Waals surface area contributed by atoms with Crippen LogP contribution in [-0.4, -0.2) is 78.2 Å². The van der Waals surface area contributed by atoms with Gasteiger partial charge in [-0.3, -0.25) is 19.3 Å². The number of esters is 2. The Morgan fingerprint density at radius 3 is 2.50 bits per heavy atom. The van der Waals surface area contributed by atoms with Crippen molar-refractivity contribution >= 4 is 35.5 Å². The minimum Gasteiger partial charge on any atom is -0.484 e. The Kier molecular flexibility index (Phi) is 8.67. The Hall–Kier alpha value is -3.47. The number of β-lactam (4-membered cyclic amide) rings is 1. The number of carbonyl (C=O) groups excluding carboxylic acids is 4. The molecule has 0 aromatic heterocycles. The molecule has 3 rings (SSSR count). The number of para-hydroxylation sites is 1. The summed E-state index contributed by atoms with van der Waals surface area (Å²) in [5, 5.41) is 2.21. The predicted molar refractivity (Wildman–Crippen MR) is 133 cm³/mol. The second-order valence-corrected chi connectivity index (χ2v) is 10.5. The van der Waals surface area contributed by atoms with Gasteiger partial charge in [0.2, 0.25) is 6.79 Å². The molecule has 0 spiro atoms. The van der Waals surface area contributed by atoms with E-state index in [1.54, 1.807) is 62.2 Å². The number of hydrogen-bond acceptors (Lipinski definition) is 9. The lowest BCUT2D eigenvalue weighted by molar-refractivity contribution is -0.173. The van der Waals surface area contributed by atoms with Gasteiger partial charge in [-0.05, 0) is 50.8 Å². The normalized spacial score (nSPS) is 19.4. The third-order valence-corrected chi connectivity index (χ3v) is 6.49. The van der Waals surface area contributed by atoms with E-state index in [4.69, 9.17) is 14.2 Å². The van der Waals surface area contributed by atoms with E-state index in [0.29, 0.717) is 17.1 Å². The van der Waals surface area contributed by atoms with E-state index in [2.05, 4.69) is 5.32 Å². The minimum absolute atomic E-state index is 0.0692. The summed E-state index contributed by atoms with van der Waals surface area (Å²) in [5.74, 6) is -1.23. The summed E-state index contributed by atoms with van der Waals surface area (Å²) in [6.45, 7) is 4.24. The van der Waals surface area contributed by atoms with Gasteiger partial charge in [-0.1, -0.05) is 18.2 Å². The first-order chi connectivity index (χ1) is 17.0. The summed E-state index contributed by atoms with van der Waals surface area (Å²) in [7, 11) is 3.66. The number of hydrogen-bond donors (Lipinski definition) is 1. The Balaban J connectivity index is 1.67.